The lowest BCUT2D eigenvalue weighted by Gasteiger charge is -2.26. The highest BCUT2D eigenvalue weighted by molar-refractivity contribution is 8.00. The maximum atomic E-state index is 12.8. The summed E-state index contributed by atoms with van der Waals surface area (Å²) in [6.45, 7) is 4.74. The van der Waals surface area contributed by atoms with E-state index in [2.05, 4.69) is 31.1 Å². The number of hydrogen-bond donors (Lipinski definition) is 1. The second-order valence-electron chi connectivity index (χ2n) is 7.85. The number of hydrogen-bond acceptors (Lipinski definition) is 6. The minimum absolute atomic E-state index is 0.148. The van der Waals surface area contributed by atoms with Crippen LogP contribution in [0.5, 0.6) is 0 Å². The molecule has 164 valence electrons. The number of rotatable bonds is 7. The standard InChI is InChI=1S/C24H26N6OS/c1-18(23(31)26-20-10-8-9-19(15-20)16-25)32-24-28-27-22(17-29-13-6-3-7-14-29)30(24)21-11-4-2-5-12-21/h2,4-5,8-12,15,18H,3,6-7,13-14,17H2,1H3,(H,26,31). The average Bonchev–Trinajstić information content (AvgIpc) is 3.22. The van der Waals surface area contributed by atoms with Crippen molar-refractivity contribution in [1.82, 2.24) is 19.7 Å². The molecule has 4 rings (SSSR count). The summed E-state index contributed by atoms with van der Waals surface area (Å²) < 4.78 is 2.05. The van der Waals surface area contributed by atoms with E-state index >= 15 is 0 Å². The Kier molecular flexibility index (Phi) is 7.20. The number of nitrogens with zero attached hydrogens (tertiary/aromatic N) is 5. The fourth-order valence-electron chi connectivity index (χ4n) is 3.76. The number of anilines is 1. The van der Waals surface area contributed by atoms with E-state index in [1.165, 1.54) is 31.0 Å². The van der Waals surface area contributed by atoms with Crippen LogP contribution >= 0.6 is 11.8 Å². The van der Waals surface area contributed by atoms with Crippen molar-refractivity contribution in [2.24, 2.45) is 0 Å². The van der Waals surface area contributed by atoms with Crippen LogP contribution < -0.4 is 5.32 Å². The third-order valence-electron chi connectivity index (χ3n) is 5.44. The summed E-state index contributed by atoms with van der Waals surface area (Å²) in [5.41, 5.74) is 2.10. The lowest BCUT2D eigenvalue weighted by atomic mass is 10.1. The predicted octanol–water partition coefficient (Wildman–Crippen LogP) is 4.24. The molecule has 1 atom stereocenters. The molecule has 32 heavy (non-hydrogen) atoms. The smallest absolute Gasteiger partial charge is 0.237 e. The second-order valence-corrected chi connectivity index (χ2v) is 9.16. The van der Waals surface area contributed by atoms with Gasteiger partial charge in [0.15, 0.2) is 11.0 Å². The van der Waals surface area contributed by atoms with Crippen molar-refractivity contribution >= 4 is 23.4 Å². The number of carbonyl (C=O) groups excluding carboxylic acids is 1. The van der Waals surface area contributed by atoms with E-state index in [-0.39, 0.29) is 5.91 Å². The van der Waals surface area contributed by atoms with Crippen LogP contribution in [-0.2, 0) is 11.3 Å². The van der Waals surface area contributed by atoms with Gasteiger partial charge in [0.1, 0.15) is 0 Å². The van der Waals surface area contributed by atoms with E-state index < -0.39 is 5.25 Å². The van der Waals surface area contributed by atoms with Crippen molar-refractivity contribution in [2.45, 2.75) is 43.1 Å². The highest BCUT2D eigenvalue weighted by Gasteiger charge is 2.23. The van der Waals surface area contributed by atoms with Gasteiger partial charge in [-0.3, -0.25) is 14.3 Å². The van der Waals surface area contributed by atoms with Crippen molar-refractivity contribution in [3.63, 3.8) is 0 Å². The number of aromatic nitrogens is 3. The number of carbonyl (C=O) groups is 1. The Morgan fingerprint density at radius 1 is 1.12 bits per heavy atom. The molecule has 0 spiro atoms. The SMILES string of the molecule is CC(Sc1nnc(CN2CCCCC2)n1-c1ccccc1)C(=O)Nc1cccc(C#N)c1. The molecule has 1 aliphatic heterocycles. The molecule has 0 aliphatic carbocycles. The number of nitriles is 1. The minimum Gasteiger partial charge on any atom is -0.325 e. The Hall–Kier alpha value is -3.15. The maximum Gasteiger partial charge on any atom is 0.237 e. The van der Waals surface area contributed by atoms with E-state index in [4.69, 9.17) is 5.26 Å². The Morgan fingerprint density at radius 3 is 2.66 bits per heavy atom. The van der Waals surface area contributed by atoms with E-state index in [1.54, 1.807) is 24.3 Å². The van der Waals surface area contributed by atoms with E-state index in [0.717, 1.165) is 31.1 Å². The molecule has 1 saturated heterocycles. The Labute approximate surface area is 192 Å². The van der Waals surface area contributed by atoms with Crippen LogP contribution in [0.4, 0.5) is 5.69 Å². The fourth-order valence-corrected chi connectivity index (χ4v) is 4.64. The fraction of sp³-hybridized carbons (Fsp3) is 0.333. The molecule has 0 radical (unpaired) electrons. The average molecular weight is 447 g/mol. The molecule has 3 aromatic rings. The molecule has 1 aromatic heterocycles. The molecule has 0 bridgehead atoms. The zero-order valence-electron chi connectivity index (χ0n) is 18.1. The van der Waals surface area contributed by atoms with Gasteiger partial charge in [-0.25, -0.2) is 0 Å². The van der Waals surface area contributed by atoms with Gasteiger partial charge in [0.25, 0.3) is 0 Å². The predicted molar refractivity (Wildman–Crippen MR) is 126 cm³/mol. The lowest BCUT2D eigenvalue weighted by Crippen LogP contribution is -2.30. The van der Waals surface area contributed by atoms with Crippen molar-refractivity contribution in [3.05, 3.63) is 66.0 Å². The van der Waals surface area contributed by atoms with E-state index in [9.17, 15) is 4.79 Å². The van der Waals surface area contributed by atoms with Crippen LogP contribution in [0.3, 0.4) is 0 Å². The highest BCUT2D eigenvalue weighted by Crippen LogP contribution is 2.27. The van der Waals surface area contributed by atoms with Gasteiger partial charge >= 0.3 is 0 Å². The Morgan fingerprint density at radius 2 is 1.91 bits per heavy atom. The topological polar surface area (TPSA) is 86.8 Å². The number of amides is 1. The summed E-state index contributed by atoms with van der Waals surface area (Å²) in [5.74, 6) is 0.736. The molecule has 1 N–H and O–H groups in total. The third kappa shape index (κ3) is 5.36. The van der Waals surface area contributed by atoms with Crippen molar-refractivity contribution in [1.29, 1.82) is 5.26 Å². The molecule has 2 aromatic carbocycles. The van der Waals surface area contributed by atoms with Gasteiger partial charge in [-0.1, -0.05) is 42.4 Å². The Balaban J connectivity index is 1.53. The molecule has 8 heteroatoms. The summed E-state index contributed by atoms with van der Waals surface area (Å²) in [7, 11) is 0. The summed E-state index contributed by atoms with van der Waals surface area (Å²) in [6, 6.07) is 19.0. The first kappa shape index (κ1) is 22.1. The maximum absolute atomic E-state index is 12.8. The van der Waals surface area contributed by atoms with Crippen molar-refractivity contribution in [3.8, 4) is 11.8 Å². The van der Waals surface area contributed by atoms with Crippen LogP contribution in [0.25, 0.3) is 5.69 Å². The van der Waals surface area contributed by atoms with Gasteiger partial charge in [0, 0.05) is 11.4 Å². The molecular weight excluding hydrogens is 420 g/mol. The van der Waals surface area contributed by atoms with Crippen LogP contribution in [-0.4, -0.2) is 43.9 Å². The molecule has 1 unspecified atom stereocenters. The van der Waals surface area contributed by atoms with Gasteiger partial charge < -0.3 is 5.32 Å². The summed E-state index contributed by atoms with van der Waals surface area (Å²) in [5, 5.41) is 21.2. The summed E-state index contributed by atoms with van der Waals surface area (Å²) >= 11 is 1.38. The minimum atomic E-state index is -0.393. The zero-order chi connectivity index (χ0) is 22.3. The summed E-state index contributed by atoms with van der Waals surface area (Å²) in [4.78, 5) is 15.2. The monoisotopic (exact) mass is 446 g/mol. The number of benzene rings is 2. The first-order valence-corrected chi connectivity index (χ1v) is 11.7. The molecule has 0 saturated carbocycles. The summed E-state index contributed by atoms with van der Waals surface area (Å²) in [6.07, 6.45) is 3.71. The van der Waals surface area contributed by atoms with Gasteiger partial charge in [0.05, 0.1) is 23.4 Å². The van der Waals surface area contributed by atoms with E-state index in [0.29, 0.717) is 16.4 Å². The lowest BCUT2D eigenvalue weighted by molar-refractivity contribution is -0.115. The first-order valence-electron chi connectivity index (χ1n) is 10.8. The molecule has 1 aliphatic rings. The zero-order valence-corrected chi connectivity index (χ0v) is 18.9. The number of thioether (sulfide) groups is 1. The van der Waals surface area contributed by atoms with Gasteiger partial charge in [0.2, 0.25) is 5.91 Å². The molecule has 1 fully saturated rings. The first-order chi connectivity index (χ1) is 15.6. The van der Waals surface area contributed by atoms with Crippen LogP contribution in [0.2, 0.25) is 0 Å². The second kappa shape index (κ2) is 10.4. The van der Waals surface area contributed by atoms with Crippen molar-refractivity contribution < 1.29 is 4.79 Å². The van der Waals surface area contributed by atoms with Crippen LogP contribution in [0.15, 0.2) is 59.8 Å². The molecule has 1 amide bonds. The van der Waals surface area contributed by atoms with Crippen LogP contribution in [0.1, 0.15) is 37.6 Å². The Bertz CT molecular complexity index is 1100. The number of piperidine rings is 1. The normalized spacial score (nSPS) is 15.1. The highest BCUT2D eigenvalue weighted by atomic mass is 32.2. The van der Waals surface area contributed by atoms with Crippen LogP contribution in [0, 0.1) is 11.3 Å². The number of nitrogens with one attached hydrogen (secondary N) is 1. The molecule has 2 heterocycles. The van der Waals surface area contributed by atoms with Gasteiger partial charge in [-0.05, 0) is 63.2 Å². The van der Waals surface area contributed by atoms with Crippen molar-refractivity contribution in [2.75, 3.05) is 18.4 Å². The molecular formula is C24H26N6OS. The largest absolute Gasteiger partial charge is 0.325 e. The molecule has 7 nitrogen and oxygen atoms in total. The third-order valence-corrected chi connectivity index (χ3v) is 6.48. The quantitative estimate of drug-likeness (QED) is 0.546. The number of likely N-dealkylation sites (tertiary alicyclic amines) is 1. The number of para-hydroxylation sites is 1. The van der Waals surface area contributed by atoms with E-state index in [1.807, 2.05) is 37.3 Å². The van der Waals surface area contributed by atoms with Gasteiger partial charge in [-0.15, -0.1) is 10.2 Å². The van der Waals surface area contributed by atoms with Gasteiger partial charge in [-0.2, -0.15) is 5.26 Å².